The van der Waals surface area contributed by atoms with Crippen LogP contribution in [0.1, 0.15) is 12.5 Å². The first-order valence-electron chi connectivity index (χ1n) is 3.69. The monoisotopic (exact) mass is 184 g/mol. The summed E-state index contributed by atoms with van der Waals surface area (Å²) in [5.41, 5.74) is 7.28. The predicted octanol–water partition coefficient (Wildman–Crippen LogP) is 1.60. The van der Waals surface area contributed by atoms with Crippen LogP contribution in [0.15, 0.2) is 22.0 Å². The van der Waals surface area contributed by atoms with E-state index >= 15 is 0 Å². The van der Waals surface area contributed by atoms with Gasteiger partial charge in [0.15, 0.2) is 0 Å². The smallest absolute Gasteiger partial charge is 0.143 e. The quantitative estimate of drug-likeness (QED) is 0.570. The summed E-state index contributed by atoms with van der Waals surface area (Å²) >= 11 is 1.65. The van der Waals surface area contributed by atoms with E-state index in [-0.39, 0.29) is 0 Å². The number of hydrogen-bond donors (Lipinski definition) is 1. The fraction of sp³-hybridized carbons (Fsp3) is 0.375. The third-order valence-corrected chi connectivity index (χ3v) is 2.06. The van der Waals surface area contributed by atoms with E-state index in [1.807, 2.05) is 23.8 Å². The molecule has 0 radical (unpaired) electrons. The molecular formula is C8H12N2OS. The highest BCUT2D eigenvalue weighted by Crippen LogP contribution is 2.06. The minimum Gasteiger partial charge on any atom is -0.391 e. The van der Waals surface area contributed by atoms with Crippen LogP contribution in [-0.4, -0.2) is 12.3 Å². The molecule has 0 saturated heterocycles. The van der Waals surface area contributed by atoms with Crippen molar-refractivity contribution >= 4 is 17.0 Å². The van der Waals surface area contributed by atoms with Crippen LogP contribution in [0.4, 0.5) is 0 Å². The van der Waals surface area contributed by atoms with Gasteiger partial charge in [0.25, 0.3) is 0 Å². The van der Waals surface area contributed by atoms with E-state index in [4.69, 9.17) is 10.6 Å². The van der Waals surface area contributed by atoms with Crippen LogP contribution in [0.25, 0.3) is 0 Å². The number of thiophene rings is 1. The van der Waals surface area contributed by atoms with Gasteiger partial charge in [0, 0.05) is 12.1 Å². The molecule has 2 N–H and O–H groups in total. The molecule has 0 fully saturated rings. The van der Waals surface area contributed by atoms with Crippen molar-refractivity contribution in [2.45, 2.75) is 13.5 Å². The Morgan fingerprint density at radius 1 is 1.75 bits per heavy atom. The molecule has 1 aromatic heterocycles. The summed E-state index contributed by atoms with van der Waals surface area (Å²) < 4.78 is 0. The van der Waals surface area contributed by atoms with Crippen LogP contribution in [0.3, 0.4) is 0 Å². The fourth-order valence-electron chi connectivity index (χ4n) is 0.629. The van der Waals surface area contributed by atoms with Crippen molar-refractivity contribution in [2.24, 2.45) is 10.9 Å². The van der Waals surface area contributed by atoms with Gasteiger partial charge in [-0.2, -0.15) is 11.3 Å². The molecule has 0 aliphatic heterocycles. The number of nitrogens with two attached hydrogens (primary N) is 1. The number of nitrogens with zero attached hydrogens (tertiary/aromatic N) is 1. The molecule has 3 nitrogen and oxygen atoms in total. The molecule has 0 saturated carbocycles. The van der Waals surface area contributed by atoms with Crippen LogP contribution in [0.2, 0.25) is 0 Å². The van der Waals surface area contributed by atoms with Gasteiger partial charge in [0.1, 0.15) is 6.61 Å². The zero-order valence-electron chi connectivity index (χ0n) is 6.99. The normalized spacial score (nSPS) is 11.7. The lowest BCUT2D eigenvalue weighted by atomic mass is 10.4. The third kappa shape index (κ3) is 3.02. The van der Waals surface area contributed by atoms with Crippen molar-refractivity contribution in [2.75, 3.05) is 6.54 Å². The zero-order chi connectivity index (χ0) is 8.81. The lowest BCUT2D eigenvalue weighted by Gasteiger charge is -1.97. The van der Waals surface area contributed by atoms with Gasteiger partial charge in [-0.3, -0.25) is 0 Å². The van der Waals surface area contributed by atoms with Crippen LogP contribution in [0, 0.1) is 0 Å². The van der Waals surface area contributed by atoms with E-state index in [9.17, 15) is 0 Å². The fourth-order valence-corrected chi connectivity index (χ4v) is 1.28. The molecular weight excluding hydrogens is 172 g/mol. The maximum absolute atomic E-state index is 5.32. The van der Waals surface area contributed by atoms with Gasteiger partial charge in [-0.25, -0.2) is 0 Å². The molecule has 0 atom stereocenters. The van der Waals surface area contributed by atoms with Crippen LogP contribution in [0.5, 0.6) is 0 Å². The minimum atomic E-state index is 0.448. The Bertz CT molecular complexity index is 244. The topological polar surface area (TPSA) is 47.6 Å². The van der Waals surface area contributed by atoms with Gasteiger partial charge in [0.05, 0.1) is 5.71 Å². The molecule has 0 aliphatic rings. The third-order valence-electron chi connectivity index (χ3n) is 1.33. The summed E-state index contributed by atoms with van der Waals surface area (Å²) in [4.78, 5) is 5.05. The maximum Gasteiger partial charge on any atom is 0.143 e. The summed E-state index contributed by atoms with van der Waals surface area (Å²) in [5, 5.41) is 7.86. The van der Waals surface area contributed by atoms with Crippen LogP contribution in [-0.2, 0) is 11.4 Å². The van der Waals surface area contributed by atoms with Gasteiger partial charge in [-0.1, -0.05) is 5.16 Å². The first-order chi connectivity index (χ1) is 5.83. The molecule has 66 valence electrons. The SMILES string of the molecule is CC(CN)=NOCc1ccsc1. The molecule has 1 aromatic rings. The van der Waals surface area contributed by atoms with E-state index in [0.717, 1.165) is 11.3 Å². The Hall–Kier alpha value is -0.870. The molecule has 0 unspecified atom stereocenters. The average Bonchev–Trinajstić information content (AvgIpc) is 2.57. The van der Waals surface area contributed by atoms with Crippen molar-refractivity contribution < 1.29 is 4.84 Å². The van der Waals surface area contributed by atoms with E-state index < -0.39 is 0 Å². The molecule has 4 heteroatoms. The molecule has 1 heterocycles. The van der Waals surface area contributed by atoms with E-state index in [0.29, 0.717) is 13.2 Å². The summed E-state index contributed by atoms with van der Waals surface area (Å²) in [6.07, 6.45) is 0. The summed E-state index contributed by atoms with van der Waals surface area (Å²) in [5.74, 6) is 0. The summed E-state index contributed by atoms with van der Waals surface area (Å²) in [6.45, 7) is 2.82. The van der Waals surface area contributed by atoms with E-state index in [2.05, 4.69) is 5.16 Å². The Kier molecular flexibility index (Phi) is 3.76. The molecule has 0 aromatic carbocycles. The van der Waals surface area contributed by atoms with Gasteiger partial charge >= 0.3 is 0 Å². The molecule has 0 amide bonds. The van der Waals surface area contributed by atoms with Gasteiger partial charge in [-0.15, -0.1) is 0 Å². The Morgan fingerprint density at radius 3 is 3.17 bits per heavy atom. The van der Waals surface area contributed by atoms with Gasteiger partial charge in [0.2, 0.25) is 0 Å². The van der Waals surface area contributed by atoms with Crippen molar-refractivity contribution in [3.63, 3.8) is 0 Å². The number of oxime groups is 1. The molecule has 0 spiro atoms. The average molecular weight is 184 g/mol. The van der Waals surface area contributed by atoms with Crippen molar-refractivity contribution in [3.8, 4) is 0 Å². The Morgan fingerprint density at radius 2 is 2.58 bits per heavy atom. The minimum absolute atomic E-state index is 0.448. The molecule has 12 heavy (non-hydrogen) atoms. The predicted molar refractivity (Wildman–Crippen MR) is 51.3 cm³/mol. The molecule has 0 bridgehead atoms. The first kappa shape index (κ1) is 9.22. The van der Waals surface area contributed by atoms with Gasteiger partial charge in [-0.05, 0) is 23.8 Å². The Labute approximate surface area is 75.8 Å². The van der Waals surface area contributed by atoms with Crippen LogP contribution < -0.4 is 5.73 Å². The van der Waals surface area contributed by atoms with Crippen molar-refractivity contribution in [1.29, 1.82) is 0 Å². The lowest BCUT2D eigenvalue weighted by molar-refractivity contribution is 0.130. The highest BCUT2D eigenvalue weighted by atomic mass is 32.1. The van der Waals surface area contributed by atoms with E-state index in [1.165, 1.54) is 0 Å². The molecule has 0 aliphatic carbocycles. The van der Waals surface area contributed by atoms with Crippen LogP contribution >= 0.6 is 11.3 Å². The largest absolute Gasteiger partial charge is 0.391 e. The second-order valence-electron chi connectivity index (χ2n) is 2.44. The second kappa shape index (κ2) is 4.90. The highest BCUT2D eigenvalue weighted by molar-refractivity contribution is 7.07. The summed E-state index contributed by atoms with van der Waals surface area (Å²) in [7, 11) is 0. The summed E-state index contributed by atoms with van der Waals surface area (Å²) in [6, 6.07) is 2.01. The number of hydrogen-bond acceptors (Lipinski definition) is 4. The van der Waals surface area contributed by atoms with Gasteiger partial charge < -0.3 is 10.6 Å². The second-order valence-corrected chi connectivity index (χ2v) is 3.22. The molecule has 1 rings (SSSR count). The maximum atomic E-state index is 5.32. The highest BCUT2D eigenvalue weighted by Gasteiger charge is 1.91. The zero-order valence-corrected chi connectivity index (χ0v) is 7.80. The number of rotatable bonds is 4. The standard InChI is InChI=1S/C8H12N2OS/c1-7(4-9)10-11-5-8-2-3-12-6-8/h2-3,6H,4-5,9H2,1H3. The first-order valence-corrected chi connectivity index (χ1v) is 4.64. The van der Waals surface area contributed by atoms with E-state index in [1.54, 1.807) is 11.3 Å². The Balaban J connectivity index is 2.28. The lowest BCUT2D eigenvalue weighted by Crippen LogP contribution is -2.09. The van der Waals surface area contributed by atoms with Crippen molar-refractivity contribution in [1.82, 2.24) is 0 Å². The van der Waals surface area contributed by atoms with Crippen molar-refractivity contribution in [3.05, 3.63) is 22.4 Å².